The molecule has 0 aromatic heterocycles. The zero-order chi connectivity index (χ0) is 13.1. The first-order valence-electron chi connectivity index (χ1n) is 5.73. The Morgan fingerprint density at radius 2 is 1.65 bits per heavy atom. The number of amides is 2. The average Bonchev–Trinajstić information content (AvgIpc) is 2.61. The van der Waals surface area contributed by atoms with Gasteiger partial charge in [-0.05, 0) is 26.9 Å². The minimum absolute atomic E-state index is 0.231. The fraction of sp³-hybridized carbons (Fsp3) is 0.583. The van der Waals surface area contributed by atoms with Crippen molar-refractivity contribution in [2.24, 2.45) is 0 Å². The van der Waals surface area contributed by atoms with E-state index >= 15 is 0 Å². The van der Waals surface area contributed by atoms with Crippen molar-refractivity contribution in [2.45, 2.75) is 25.7 Å². The van der Waals surface area contributed by atoms with Gasteiger partial charge < -0.3 is 10.1 Å². The molecule has 0 radical (unpaired) electrons. The first-order chi connectivity index (χ1) is 8.17. The lowest BCUT2D eigenvalue weighted by Crippen LogP contribution is -2.30. The summed E-state index contributed by atoms with van der Waals surface area (Å²) in [6.45, 7) is 0.462. The summed E-state index contributed by atoms with van der Waals surface area (Å²) in [7, 11) is 3.75. The zero-order valence-electron chi connectivity index (χ0n) is 10.4. The molecule has 0 aliphatic carbocycles. The molecule has 1 aliphatic heterocycles. The Bertz CT molecular complexity index is 269. The van der Waals surface area contributed by atoms with Gasteiger partial charge in [-0.3, -0.25) is 14.5 Å². The van der Waals surface area contributed by atoms with Crippen LogP contribution in [0.4, 0.5) is 0 Å². The number of carbonyl (C=O) groups excluding carboxylic acids is 3. The first-order valence-corrected chi connectivity index (χ1v) is 5.73. The van der Waals surface area contributed by atoms with Crippen molar-refractivity contribution in [2.75, 3.05) is 20.6 Å². The maximum atomic E-state index is 11.1. The van der Waals surface area contributed by atoms with Gasteiger partial charge in [0.25, 0.3) is 11.8 Å². The smallest absolute Gasteiger partial charge is 0.253 e. The number of nitrogens with zero attached hydrogens (tertiary/aromatic N) is 1. The van der Waals surface area contributed by atoms with Gasteiger partial charge >= 0.3 is 0 Å². The number of rotatable bonds is 6. The van der Waals surface area contributed by atoms with Crippen LogP contribution in [0.3, 0.4) is 0 Å². The van der Waals surface area contributed by atoms with Gasteiger partial charge in [0.2, 0.25) is 0 Å². The monoisotopic (exact) mass is 240 g/mol. The Morgan fingerprint density at radius 3 is 2.12 bits per heavy atom. The summed E-state index contributed by atoms with van der Waals surface area (Å²) in [4.78, 5) is 33.4. The van der Waals surface area contributed by atoms with E-state index < -0.39 is 0 Å². The van der Waals surface area contributed by atoms with Crippen molar-refractivity contribution in [3.05, 3.63) is 12.2 Å². The third-order valence-electron chi connectivity index (χ3n) is 2.10. The highest BCUT2D eigenvalue weighted by Crippen LogP contribution is 2.06. The highest BCUT2D eigenvalue weighted by atomic mass is 16.2. The molecule has 0 saturated heterocycles. The molecule has 96 valence electrons. The standard InChI is InChI=1S/C10H13NO3.C2H7N/c12-8-4-2-1-3-7-11-9(13)5-6-10(11)14;1-3-2/h5-6,8H,1-4,7H2;3H,1-2H3. The van der Waals surface area contributed by atoms with Crippen molar-refractivity contribution in [1.82, 2.24) is 10.2 Å². The molecular weight excluding hydrogens is 220 g/mol. The first kappa shape index (κ1) is 15.5. The van der Waals surface area contributed by atoms with Crippen molar-refractivity contribution >= 4 is 18.1 Å². The average molecular weight is 240 g/mol. The van der Waals surface area contributed by atoms with E-state index in [9.17, 15) is 14.4 Å². The van der Waals surface area contributed by atoms with Gasteiger partial charge in [-0.15, -0.1) is 0 Å². The topological polar surface area (TPSA) is 66.5 Å². The molecule has 0 atom stereocenters. The van der Waals surface area contributed by atoms with E-state index in [1.54, 1.807) is 0 Å². The van der Waals surface area contributed by atoms with E-state index in [1.807, 2.05) is 14.1 Å². The Morgan fingerprint density at radius 1 is 1.12 bits per heavy atom. The van der Waals surface area contributed by atoms with Crippen LogP contribution in [-0.2, 0) is 14.4 Å². The second kappa shape index (κ2) is 9.72. The number of hydrogen-bond acceptors (Lipinski definition) is 4. The van der Waals surface area contributed by atoms with Crippen LogP contribution in [0.25, 0.3) is 0 Å². The molecule has 0 aromatic carbocycles. The Balaban J connectivity index is 0.000000770. The number of hydrogen-bond donors (Lipinski definition) is 1. The van der Waals surface area contributed by atoms with Gasteiger partial charge in [0, 0.05) is 25.1 Å². The summed E-state index contributed by atoms with van der Waals surface area (Å²) in [5.41, 5.74) is 0. The molecular formula is C12H20N2O3. The van der Waals surface area contributed by atoms with Crippen LogP contribution >= 0.6 is 0 Å². The van der Waals surface area contributed by atoms with E-state index in [4.69, 9.17) is 0 Å². The molecule has 0 bridgehead atoms. The fourth-order valence-corrected chi connectivity index (χ4v) is 1.33. The normalized spacial score (nSPS) is 13.6. The molecule has 1 aliphatic rings. The number of nitrogens with one attached hydrogen (secondary N) is 1. The highest BCUT2D eigenvalue weighted by molar-refractivity contribution is 6.12. The van der Waals surface area contributed by atoms with Crippen molar-refractivity contribution in [3.63, 3.8) is 0 Å². The number of unbranched alkanes of at least 4 members (excludes halogenated alkanes) is 3. The largest absolute Gasteiger partial charge is 0.323 e. The lowest BCUT2D eigenvalue weighted by molar-refractivity contribution is -0.136. The summed E-state index contributed by atoms with van der Waals surface area (Å²) in [5.74, 6) is -0.462. The molecule has 2 amide bonds. The minimum Gasteiger partial charge on any atom is -0.323 e. The molecule has 5 heteroatoms. The van der Waals surface area contributed by atoms with Gasteiger partial charge in [-0.25, -0.2) is 0 Å². The molecule has 0 saturated carbocycles. The van der Waals surface area contributed by atoms with Crippen LogP contribution < -0.4 is 5.32 Å². The fourth-order valence-electron chi connectivity index (χ4n) is 1.33. The summed E-state index contributed by atoms with van der Waals surface area (Å²) < 4.78 is 0. The second-order valence-corrected chi connectivity index (χ2v) is 3.68. The molecule has 1 rings (SSSR count). The highest BCUT2D eigenvalue weighted by Gasteiger charge is 2.21. The summed E-state index contributed by atoms with van der Waals surface area (Å²) >= 11 is 0. The van der Waals surface area contributed by atoms with Crippen molar-refractivity contribution in [3.8, 4) is 0 Å². The predicted octanol–water partition coefficient (Wildman–Crippen LogP) is 0.506. The number of imide groups is 1. The van der Waals surface area contributed by atoms with Crippen LogP contribution in [0.5, 0.6) is 0 Å². The van der Waals surface area contributed by atoms with Gasteiger partial charge in [0.05, 0.1) is 0 Å². The van der Waals surface area contributed by atoms with Gasteiger partial charge in [-0.2, -0.15) is 0 Å². The molecule has 0 spiro atoms. The van der Waals surface area contributed by atoms with E-state index in [0.29, 0.717) is 13.0 Å². The molecule has 1 heterocycles. The van der Waals surface area contributed by atoms with E-state index in [0.717, 1.165) is 25.5 Å². The third-order valence-corrected chi connectivity index (χ3v) is 2.10. The summed E-state index contributed by atoms with van der Waals surface area (Å²) in [6.07, 6.45) is 6.48. The van der Waals surface area contributed by atoms with Gasteiger partial charge in [0.15, 0.2) is 0 Å². The molecule has 0 fully saturated rings. The Kier molecular flexibility index (Phi) is 8.86. The van der Waals surface area contributed by atoms with Crippen LogP contribution in [-0.4, -0.2) is 43.6 Å². The molecule has 0 unspecified atom stereocenters. The summed E-state index contributed by atoms with van der Waals surface area (Å²) in [5, 5.41) is 2.75. The molecule has 0 aromatic rings. The van der Waals surface area contributed by atoms with Crippen LogP contribution in [0.2, 0.25) is 0 Å². The van der Waals surface area contributed by atoms with Crippen LogP contribution in [0, 0.1) is 0 Å². The molecule has 5 nitrogen and oxygen atoms in total. The maximum Gasteiger partial charge on any atom is 0.253 e. The number of aldehydes is 1. The second-order valence-electron chi connectivity index (χ2n) is 3.68. The van der Waals surface area contributed by atoms with Crippen LogP contribution in [0.1, 0.15) is 25.7 Å². The van der Waals surface area contributed by atoms with E-state index in [1.165, 1.54) is 17.1 Å². The quantitative estimate of drug-likeness (QED) is 0.417. The SMILES string of the molecule is CNC.O=CCCCCCN1C(=O)C=CC1=O. The Labute approximate surface area is 102 Å². The predicted molar refractivity (Wildman–Crippen MR) is 65.4 cm³/mol. The van der Waals surface area contributed by atoms with Gasteiger partial charge in [-0.1, -0.05) is 6.42 Å². The van der Waals surface area contributed by atoms with Crippen molar-refractivity contribution in [1.29, 1.82) is 0 Å². The third kappa shape index (κ3) is 6.63. The molecule has 1 N–H and O–H groups in total. The van der Waals surface area contributed by atoms with Gasteiger partial charge in [0.1, 0.15) is 6.29 Å². The van der Waals surface area contributed by atoms with E-state index in [2.05, 4.69) is 5.32 Å². The zero-order valence-corrected chi connectivity index (χ0v) is 10.4. The Hall–Kier alpha value is -1.49. The van der Waals surface area contributed by atoms with Crippen molar-refractivity contribution < 1.29 is 14.4 Å². The summed E-state index contributed by atoms with van der Waals surface area (Å²) in [6, 6.07) is 0. The van der Waals surface area contributed by atoms with Crippen LogP contribution in [0.15, 0.2) is 12.2 Å². The van der Waals surface area contributed by atoms with E-state index in [-0.39, 0.29) is 11.8 Å². The lowest BCUT2D eigenvalue weighted by Gasteiger charge is -2.12. The lowest BCUT2D eigenvalue weighted by atomic mass is 10.2. The molecule has 17 heavy (non-hydrogen) atoms. The number of carbonyl (C=O) groups is 3. The minimum atomic E-state index is -0.231. The maximum absolute atomic E-state index is 11.1.